The molecule has 7 heteroatoms. The topological polar surface area (TPSA) is 83.6 Å². The number of sulfonamides is 1. The van der Waals surface area contributed by atoms with Crippen molar-refractivity contribution in [3.8, 4) is 11.3 Å². The second kappa shape index (κ2) is 6.18. The SMILES string of the molecule is Cc1ncc(-c2ccc(C)c(S(=O)(=O)N3CCCC(C4(O)CC4)C3)c2)o1. The van der Waals surface area contributed by atoms with Gasteiger partial charge in [0.25, 0.3) is 0 Å². The first kappa shape index (κ1) is 17.7. The number of nitrogens with zero attached hydrogens (tertiary/aromatic N) is 2. The van der Waals surface area contributed by atoms with E-state index < -0.39 is 15.6 Å². The standard InChI is InChI=1S/C19H24N2O4S/c1-13-5-6-15(17-11-20-14(2)25-17)10-18(13)26(23,24)21-9-3-4-16(12-21)19(22)7-8-19/h5-6,10-11,16,22H,3-4,7-9,12H2,1-2H3. The molecule has 1 atom stereocenters. The van der Waals surface area contributed by atoms with Crippen LogP contribution in [0.25, 0.3) is 11.3 Å². The molecule has 0 bridgehead atoms. The normalized spacial score (nSPS) is 23.1. The Morgan fingerprint density at radius 2 is 2.08 bits per heavy atom. The lowest BCUT2D eigenvalue weighted by molar-refractivity contribution is 0.0514. The van der Waals surface area contributed by atoms with Gasteiger partial charge in [-0.1, -0.05) is 12.1 Å². The molecule has 2 aliphatic rings. The van der Waals surface area contributed by atoms with Gasteiger partial charge < -0.3 is 9.52 Å². The van der Waals surface area contributed by atoms with Crippen LogP contribution in [0.2, 0.25) is 0 Å². The highest BCUT2D eigenvalue weighted by Crippen LogP contribution is 2.46. The van der Waals surface area contributed by atoms with Gasteiger partial charge >= 0.3 is 0 Å². The summed E-state index contributed by atoms with van der Waals surface area (Å²) in [5, 5.41) is 10.4. The summed E-state index contributed by atoms with van der Waals surface area (Å²) in [5.74, 6) is 1.13. The molecule has 1 aromatic heterocycles. The number of aromatic nitrogens is 1. The van der Waals surface area contributed by atoms with Gasteiger partial charge in [-0.05, 0) is 44.2 Å². The van der Waals surface area contributed by atoms with Crippen molar-refractivity contribution in [2.75, 3.05) is 13.1 Å². The Hall–Kier alpha value is -1.70. The van der Waals surface area contributed by atoms with E-state index in [0.717, 1.165) is 25.7 Å². The molecule has 1 aromatic carbocycles. The van der Waals surface area contributed by atoms with Crippen LogP contribution in [-0.2, 0) is 10.0 Å². The fraction of sp³-hybridized carbons (Fsp3) is 0.526. The number of oxazole rings is 1. The predicted molar refractivity (Wildman–Crippen MR) is 97.1 cm³/mol. The number of rotatable bonds is 4. The minimum Gasteiger partial charge on any atom is -0.441 e. The lowest BCUT2D eigenvalue weighted by Gasteiger charge is -2.34. The number of hydrogen-bond acceptors (Lipinski definition) is 5. The van der Waals surface area contributed by atoms with E-state index in [0.29, 0.717) is 40.8 Å². The first-order valence-corrected chi connectivity index (χ1v) is 10.5. The van der Waals surface area contributed by atoms with Crippen LogP contribution in [0.15, 0.2) is 33.7 Å². The molecule has 1 aliphatic heterocycles. The third-order valence-electron chi connectivity index (χ3n) is 5.62. The highest BCUT2D eigenvalue weighted by molar-refractivity contribution is 7.89. The fourth-order valence-electron chi connectivity index (χ4n) is 3.80. The van der Waals surface area contributed by atoms with Gasteiger partial charge in [-0.25, -0.2) is 13.4 Å². The maximum absolute atomic E-state index is 13.3. The molecule has 1 aliphatic carbocycles. The van der Waals surface area contributed by atoms with Gasteiger partial charge in [0.1, 0.15) is 0 Å². The molecule has 0 radical (unpaired) electrons. The molecule has 4 rings (SSSR count). The first-order valence-electron chi connectivity index (χ1n) is 9.06. The number of aryl methyl sites for hydroxylation is 2. The molecule has 0 amide bonds. The monoisotopic (exact) mass is 376 g/mol. The summed E-state index contributed by atoms with van der Waals surface area (Å²) in [6.45, 7) is 4.45. The third-order valence-corrected chi connectivity index (χ3v) is 7.63. The zero-order valence-corrected chi connectivity index (χ0v) is 15.9. The van der Waals surface area contributed by atoms with Crippen LogP contribution >= 0.6 is 0 Å². The summed E-state index contributed by atoms with van der Waals surface area (Å²) in [5.41, 5.74) is 0.754. The fourth-order valence-corrected chi connectivity index (χ4v) is 5.58. The Labute approximate surface area is 153 Å². The number of aliphatic hydroxyl groups is 1. The van der Waals surface area contributed by atoms with E-state index in [1.807, 2.05) is 6.07 Å². The second-order valence-electron chi connectivity index (χ2n) is 7.53. The van der Waals surface area contributed by atoms with E-state index in [1.165, 1.54) is 4.31 Å². The van der Waals surface area contributed by atoms with E-state index in [-0.39, 0.29) is 5.92 Å². The van der Waals surface area contributed by atoms with Crippen molar-refractivity contribution in [1.82, 2.24) is 9.29 Å². The summed E-state index contributed by atoms with van der Waals surface area (Å²) in [7, 11) is -3.62. The summed E-state index contributed by atoms with van der Waals surface area (Å²) in [4.78, 5) is 4.39. The average molecular weight is 376 g/mol. The Kier molecular flexibility index (Phi) is 4.21. The highest BCUT2D eigenvalue weighted by atomic mass is 32.2. The average Bonchev–Trinajstić information content (AvgIpc) is 3.23. The third kappa shape index (κ3) is 3.08. The van der Waals surface area contributed by atoms with Gasteiger partial charge in [0.2, 0.25) is 10.0 Å². The van der Waals surface area contributed by atoms with Gasteiger partial charge in [-0.15, -0.1) is 0 Å². The molecule has 2 fully saturated rings. The molecule has 140 valence electrons. The van der Waals surface area contributed by atoms with E-state index in [1.54, 1.807) is 32.2 Å². The molecule has 0 spiro atoms. The minimum absolute atomic E-state index is 0.0337. The van der Waals surface area contributed by atoms with E-state index in [4.69, 9.17) is 4.42 Å². The van der Waals surface area contributed by atoms with E-state index in [2.05, 4.69) is 4.98 Å². The van der Waals surface area contributed by atoms with Crippen molar-refractivity contribution in [2.45, 2.75) is 50.0 Å². The summed E-state index contributed by atoms with van der Waals surface area (Å²) < 4.78 is 33.7. The molecular weight excluding hydrogens is 352 g/mol. The van der Waals surface area contributed by atoms with Gasteiger partial charge in [0.05, 0.1) is 16.7 Å². The maximum atomic E-state index is 13.3. The zero-order chi connectivity index (χ0) is 18.5. The predicted octanol–water partition coefficient (Wildman–Crippen LogP) is 2.88. The van der Waals surface area contributed by atoms with Crippen molar-refractivity contribution < 1.29 is 17.9 Å². The molecule has 2 heterocycles. The molecule has 2 aromatic rings. The lowest BCUT2D eigenvalue weighted by atomic mass is 9.92. The van der Waals surface area contributed by atoms with Crippen LogP contribution < -0.4 is 0 Å². The Morgan fingerprint density at radius 3 is 2.73 bits per heavy atom. The van der Waals surface area contributed by atoms with Crippen LogP contribution in [0.5, 0.6) is 0 Å². The number of piperidine rings is 1. The molecule has 1 saturated carbocycles. The van der Waals surface area contributed by atoms with Crippen LogP contribution in [0, 0.1) is 19.8 Å². The lowest BCUT2D eigenvalue weighted by Crippen LogP contribution is -2.44. The second-order valence-corrected chi connectivity index (χ2v) is 9.44. The van der Waals surface area contributed by atoms with Gasteiger partial charge in [0, 0.05) is 31.5 Å². The number of benzene rings is 1. The van der Waals surface area contributed by atoms with Gasteiger partial charge in [0.15, 0.2) is 11.7 Å². The van der Waals surface area contributed by atoms with Gasteiger partial charge in [-0.2, -0.15) is 4.31 Å². The molecular formula is C19H24N2O4S. The molecule has 1 N–H and O–H groups in total. The van der Waals surface area contributed by atoms with Crippen molar-refractivity contribution in [2.24, 2.45) is 5.92 Å². The molecule has 1 saturated heterocycles. The maximum Gasteiger partial charge on any atom is 0.243 e. The molecule has 6 nitrogen and oxygen atoms in total. The van der Waals surface area contributed by atoms with Crippen LogP contribution in [-0.4, -0.2) is 41.5 Å². The Bertz CT molecular complexity index is 931. The van der Waals surface area contributed by atoms with Crippen molar-refractivity contribution in [3.63, 3.8) is 0 Å². The molecule has 26 heavy (non-hydrogen) atoms. The summed E-state index contributed by atoms with van der Waals surface area (Å²) >= 11 is 0. The first-order chi connectivity index (χ1) is 12.3. The van der Waals surface area contributed by atoms with Crippen molar-refractivity contribution in [1.29, 1.82) is 0 Å². The van der Waals surface area contributed by atoms with Crippen LogP contribution in [0.1, 0.15) is 37.1 Å². The number of hydrogen-bond donors (Lipinski definition) is 1. The summed E-state index contributed by atoms with van der Waals surface area (Å²) in [6, 6.07) is 5.32. The van der Waals surface area contributed by atoms with Crippen molar-refractivity contribution in [3.05, 3.63) is 35.9 Å². The van der Waals surface area contributed by atoms with E-state index >= 15 is 0 Å². The van der Waals surface area contributed by atoms with Crippen LogP contribution in [0.3, 0.4) is 0 Å². The Morgan fingerprint density at radius 1 is 1.31 bits per heavy atom. The van der Waals surface area contributed by atoms with Gasteiger partial charge in [-0.3, -0.25) is 0 Å². The highest BCUT2D eigenvalue weighted by Gasteiger charge is 2.49. The minimum atomic E-state index is -3.62. The zero-order valence-electron chi connectivity index (χ0n) is 15.1. The van der Waals surface area contributed by atoms with E-state index in [9.17, 15) is 13.5 Å². The smallest absolute Gasteiger partial charge is 0.243 e. The molecule has 1 unspecified atom stereocenters. The van der Waals surface area contributed by atoms with Crippen molar-refractivity contribution >= 4 is 10.0 Å². The Balaban J connectivity index is 1.67. The van der Waals surface area contributed by atoms with Crippen LogP contribution in [0.4, 0.5) is 0 Å². The largest absolute Gasteiger partial charge is 0.441 e. The quantitative estimate of drug-likeness (QED) is 0.887. The summed E-state index contributed by atoms with van der Waals surface area (Å²) in [6.07, 6.45) is 4.84.